The monoisotopic (exact) mass is 278 g/mol. The van der Waals surface area contributed by atoms with E-state index in [1.807, 2.05) is 0 Å². The summed E-state index contributed by atoms with van der Waals surface area (Å²) in [6.45, 7) is -4.58. The number of hydrogen-bond donors (Lipinski definition) is 0. The van der Waals surface area contributed by atoms with Crippen LogP contribution in [0.5, 0.6) is 5.75 Å². The van der Waals surface area contributed by atoms with Gasteiger partial charge >= 0.3 is 6.72 Å². The molecule has 0 aliphatic rings. The Morgan fingerprint density at radius 3 is 2.47 bits per heavy atom. The van der Waals surface area contributed by atoms with E-state index < -0.39 is 19.4 Å². The molecule has 0 aromatic heterocycles. The largest absolute Gasteiger partial charge is 0.424 e. The van der Waals surface area contributed by atoms with Crippen molar-refractivity contribution in [2.75, 3.05) is 13.5 Å². The Labute approximate surface area is 103 Å². The van der Waals surface area contributed by atoms with Crippen molar-refractivity contribution in [2.24, 2.45) is 0 Å². The van der Waals surface area contributed by atoms with Gasteiger partial charge in [0.15, 0.2) is 6.86 Å². The van der Waals surface area contributed by atoms with E-state index in [9.17, 15) is 8.78 Å². The molecule has 0 amide bonds. The highest BCUT2D eigenvalue weighted by molar-refractivity contribution is 8.07. The van der Waals surface area contributed by atoms with Crippen LogP contribution in [0.4, 0.5) is 8.78 Å². The van der Waals surface area contributed by atoms with Crippen LogP contribution in [-0.4, -0.2) is 13.5 Å². The molecule has 0 fully saturated rings. The Hall–Kier alpha value is -0.990. The molecule has 0 N–H and O–H groups in total. The molecule has 0 heterocycles. The van der Waals surface area contributed by atoms with Crippen molar-refractivity contribution in [2.45, 2.75) is 0 Å². The third kappa shape index (κ3) is 4.80. The summed E-state index contributed by atoms with van der Waals surface area (Å²) in [5.74, 6) is 1.97. The SMILES string of the molecule is C#CCOP(=S)(OCF)Oc1ccc(F)cc1. The first-order valence-electron chi connectivity index (χ1n) is 4.43. The molecular formula is C10H9F2O3PS. The van der Waals surface area contributed by atoms with E-state index in [-0.39, 0.29) is 12.4 Å². The number of alkyl halides is 1. The predicted octanol–water partition coefficient (Wildman–Crippen LogP) is 3.02. The third-order valence-electron chi connectivity index (χ3n) is 1.54. The van der Waals surface area contributed by atoms with Crippen molar-refractivity contribution in [3.63, 3.8) is 0 Å². The number of terminal acetylenes is 1. The maximum atomic E-state index is 12.6. The Bertz CT molecular complexity index is 444. The fourth-order valence-electron chi connectivity index (χ4n) is 0.891. The van der Waals surface area contributed by atoms with Gasteiger partial charge in [-0.25, -0.2) is 8.78 Å². The second-order valence-corrected chi connectivity index (χ2v) is 5.64. The van der Waals surface area contributed by atoms with E-state index in [2.05, 4.69) is 10.4 Å². The number of benzene rings is 1. The van der Waals surface area contributed by atoms with Crippen LogP contribution in [0.2, 0.25) is 0 Å². The van der Waals surface area contributed by atoms with Crippen LogP contribution in [0.25, 0.3) is 0 Å². The van der Waals surface area contributed by atoms with Gasteiger partial charge in [-0.2, -0.15) is 0 Å². The average Bonchev–Trinajstić information content (AvgIpc) is 2.30. The van der Waals surface area contributed by atoms with E-state index >= 15 is 0 Å². The minimum atomic E-state index is -3.28. The molecule has 1 aromatic carbocycles. The normalized spacial score (nSPS) is 13.7. The van der Waals surface area contributed by atoms with Crippen LogP contribution in [0.3, 0.4) is 0 Å². The summed E-state index contributed by atoms with van der Waals surface area (Å²) in [5.41, 5.74) is 0. The number of hydrogen-bond acceptors (Lipinski definition) is 4. The van der Waals surface area contributed by atoms with Gasteiger partial charge in [-0.15, -0.1) is 6.42 Å². The second-order valence-electron chi connectivity index (χ2n) is 2.71. The van der Waals surface area contributed by atoms with Gasteiger partial charge in [-0.05, 0) is 24.3 Å². The van der Waals surface area contributed by atoms with Gasteiger partial charge in [0.2, 0.25) is 0 Å². The molecule has 0 saturated heterocycles. The van der Waals surface area contributed by atoms with Crippen LogP contribution < -0.4 is 4.52 Å². The van der Waals surface area contributed by atoms with Gasteiger partial charge < -0.3 is 4.52 Å². The molecule has 7 heteroatoms. The molecule has 0 aliphatic heterocycles. The summed E-state index contributed by atoms with van der Waals surface area (Å²) in [6, 6.07) is 5.01. The van der Waals surface area contributed by atoms with Crippen LogP contribution in [0.15, 0.2) is 24.3 Å². The van der Waals surface area contributed by atoms with Gasteiger partial charge in [-0.1, -0.05) is 5.92 Å². The molecule has 1 atom stereocenters. The van der Waals surface area contributed by atoms with Crippen molar-refractivity contribution in [3.8, 4) is 18.1 Å². The topological polar surface area (TPSA) is 27.7 Å². The lowest BCUT2D eigenvalue weighted by Gasteiger charge is -2.19. The van der Waals surface area contributed by atoms with Gasteiger partial charge in [-0.3, -0.25) is 9.05 Å². The van der Waals surface area contributed by atoms with E-state index in [1.54, 1.807) is 0 Å². The number of halogens is 2. The van der Waals surface area contributed by atoms with Crippen LogP contribution in [0.1, 0.15) is 0 Å². The zero-order chi connectivity index (χ0) is 12.7. The predicted molar refractivity (Wildman–Crippen MR) is 63.2 cm³/mol. The fraction of sp³-hybridized carbons (Fsp3) is 0.200. The van der Waals surface area contributed by atoms with E-state index in [4.69, 9.17) is 27.3 Å². The van der Waals surface area contributed by atoms with Gasteiger partial charge in [0.05, 0.1) is 0 Å². The molecule has 0 saturated carbocycles. The highest BCUT2D eigenvalue weighted by Gasteiger charge is 2.22. The molecule has 17 heavy (non-hydrogen) atoms. The standard InChI is InChI=1S/C10H9F2O3PS/c1-2-7-13-16(17,14-8-11)15-10-5-3-9(12)4-6-10/h1,3-6H,7-8H2. The summed E-state index contributed by atoms with van der Waals surface area (Å²) >= 11 is 4.90. The van der Waals surface area contributed by atoms with Crippen molar-refractivity contribution in [1.29, 1.82) is 0 Å². The second kappa shape index (κ2) is 6.67. The zero-order valence-electron chi connectivity index (χ0n) is 8.64. The van der Waals surface area contributed by atoms with Crippen LogP contribution >= 0.6 is 6.72 Å². The zero-order valence-corrected chi connectivity index (χ0v) is 10.3. The van der Waals surface area contributed by atoms with Crippen LogP contribution in [0, 0.1) is 18.2 Å². The fourth-order valence-corrected chi connectivity index (χ4v) is 2.34. The van der Waals surface area contributed by atoms with E-state index in [1.165, 1.54) is 24.3 Å². The molecule has 0 spiro atoms. The highest BCUT2D eigenvalue weighted by Crippen LogP contribution is 2.49. The first-order chi connectivity index (χ1) is 8.09. The molecule has 1 rings (SSSR count). The first-order valence-corrected chi connectivity index (χ1v) is 6.99. The molecule has 0 radical (unpaired) electrons. The van der Waals surface area contributed by atoms with Crippen molar-refractivity contribution >= 4 is 18.5 Å². The molecule has 1 unspecified atom stereocenters. The number of rotatable bonds is 6. The summed E-state index contributed by atoms with van der Waals surface area (Å²) in [7, 11) is 0. The van der Waals surface area contributed by atoms with Gasteiger partial charge in [0.1, 0.15) is 18.2 Å². The lowest BCUT2D eigenvalue weighted by atomic mass is 10.3. The average molecular weight is 278 g/mol. The lowest BCUT2D eigenvalue weighted by molar-refractivity contribution is 0.149. The van der Waals surface area contributed by atoms with Crippen molar-refractivity contribution in [3.05, 3.63) is 30.1 Å². The Balaban J connectivity index is 2.76. The summed E-state index contributed by atoms with van der Waals surface area (Å²) in [4.78, 5) is 0. The first kappa shape index (κ1) is 14.1. The minimum Gasteiger partial charge on any atom is -0.424 e. The molecule has 3 nitrogen and oxygen atoms in total. The van der Waals surface area contributed by atoms with Crippen molar-refractivity contribution in [1.82, 2.24) is 0 Å². The lowest BCUT2D eigenvalue weighted by Crippen LogP contribution is -2.02. The minimum absolute atomic E-state index is 0.154. The van der Waals surface area contributed by atoms with Gasteiger partial charge in [0.25, 0.3) is 0 Å². The van der Waals surface area contributed by atoms with E-state index in [0.717, 1.165) is 0 Å². The quantitative estimate of drug-likeness (QED) is 0.590. The molecular weight excluding hydrogens is 269 g/mol. The Morgan fingerprint density at radius 2 is 1.94 bits per heavy atom. The van der Waals surface area contributed by atoms with Gasteiger partial charge in [0, 0.05) is 11.8 Å². The maximum absolute atomic E-state index is 12.6. The Morgan fingerprint density at radius 1 is 1.29 bits per heavy atom. The summed E-state index contributed by atoms with van der Waals surface area (Å²) < 4.78 is 39.5. The molecule has 0 bridgehead atoms. The maximum Gasteiger partial charge on any atom is 0.383 e. The molecule has 0 aliphatic carbocycles. The summed E-state index contributed by atoms with van der Waals surface area (Å²) in [6.07, 6.45) is 4.99. The summed E-state index contributed by atoms with van der Waals surface area (Å²) in [5, 5.41) is 0. The third-order valence-corrected chi connectivity index (χ3v) is 3.69. The highest BCUT2D eigenvalue weighted by atomic mass is 32.5. The van der Waals surface area contributed by atoms with E-state index in [0.29, 0.717) is 0 Å². The smallest absolute Gasteiger partial charge is 0.383 e. The molecule has 1 aromatic rings. The molecule has 92 valence electrons. The Kier molecular flexibility index (Phi) is 5.52. The van der Waals surface area contributed by atoms with Crippen molar-refractivity contribution < 1.29 is 22.4 Å². The van der Waals surface area contributed by atoms with Crippen LogP contribution in [-0.2, 0) is 20.9 Å².